The summed E-state index contributed by atoms with van der Waals surface area (Å²) in [5, 5.41) is 0. The van der Waals surface area contributed by atoms with Crippen LogP contribution in [-0.4, -0.2) is 49.6 Å². The first-order valence-corrected chi connectivity index (χ1v) is 10.0. The van der Waals surface area contributed by atoms with Crippen LogP contribution in [0.15, 0.2) is 52.3 Å². The van der Waals surface area contributed by atoms with Crippen LogP contribution in [0.5, 0.6) is 5.75 Å². The van der Waals surface area contributed by atoms with Crippen LogP contribution in [0.3, 0.4) is 0 Å². The summed E-state index contributed by atoms with van der Waals surface area (Å²) >= 11 is 1.91. The molecule has 2 heterocycles. The topological polar surface area (TPSA) is 15.7 Å². The molecule has 1 atom stereocenters. The molecule has 0 N–H and O–H groups in total. The number of ether oxygens (including phenoxy) is 1. The summed E-state index contributed by atoms with van der Waals surface area (Å²) in [6, 6.07) is 15.9. The van der Waals surface area contributed by atoms with Crippen LogP contribution in [0.4, 0.5) is 0 Å². The number of nitrogens with zero attached hydrogens (tertiary/aromatic N) is 2. The molecule has 0 bridgehead atoms. The van der Waals surface area contributed by atoms with Gasteiger partial charge in [0.15, 0.2) is 0 Å². The van der Waals surface area contributed by atoms with Gasteiger partial charge >= 0.3 is 0 Å². The number of hydrogen-bond donors (Lipinski definition) is 0. The van der Waals surface area contributed by atoms with Gasteiger partial charge in [-0.05, 0) is 55.8 Å². The minimum atomic E-state index is 0.431. The zero-order valence-electron chi connectivity index (χ0n) is 15.1. The Labute approximate surface area is 155 Å². The van der Waals surface area contributed by atoms with Crippen molar-refractivity contribution in [1.29, 1.82) is 0 Å². The molecular formula is C21H26N2OS. The predicted octanol–water partition coefficient (Wildman–Crippen LogP) is 4.08. The highest BCUT2D eigenvalue weighted by atomic mass is 32.2. The van der Waals surface area contributed by atoms with Gasteiger partial charge in [-0.3, -0.25) is 4.90 Å². The van der Waals surface area contributed by atoms with Crippen LogP contribution in [0.1, 0.15) is 24.1 Å². The number of likely N-dealkylation sites (N-methyl/N-ethyl adjacent to an activating group) is 1. The zero-order valence-corrected chi connectivity index (χ0v) is 15.9. The monoisotopic (exact) mass is 354 g/mol. The number of hydrogen-bond acceptors (Lipinski definition) is 4. The lowest BCUT2D eigenvalue weighted by Gasteiger charge is -2.38. The Morgan fingerprint density at radius 2 is 1.84 bits per heavy atom. The van der Waals surface area contributed by atoms with Crippen LogP contribution in [0, 0.1) is 0 Å². The average molecular weight is 355 g/mol. The second kappa shape index (κ2) is 7.40. The van der Waals surface area contributed by atoms with Crippen molar-refractivity contribution in [3.63, 3.8) is 0 Å². The number of rotatable bonds is 3. The first kappa shape index (κ1) is 17.0. The van der Waals surface area contributed by atoms with E-state index in [4.69, 9.17) is 4.74 Å². The fourth-order valence-electron chi connectivity index (χ4n) is 3.80. The Morgan fingerprint density at radius 1 is 1.04 bits per heavy atom. The van der Waals surface area contributed by atoms with Gasteiger partial charge in [-0.2, -0.15) is 0 Å². The lowest BCUT2D eigenvalue weighted by molar-refractivity contribution is 0.109. The van der Waals surface area contributed by atoms with Crippen molar-refractivity contribution in [2.45, 2.75) is 29.2 Å². The molecule has 2 aromatic carbocycles. The van der Waals surface area contributed by atoms with Crippen molar-refractivity contribution < 1.29 is 4.74 Å². The highest BCUT2D eigenvalue weighted by Crippen LogP contribution is 2.44. The summed E-state index contributed by atoms with van der Waals surface area (Å²) in [4.78, 5) is 7.85. The summed E-state index contributed by atoms with van der Waals surface area (Å²) in [5.41, 5.74) is 2.89. The molecule has 2 aliphatic heterocycles. The van der Waals surface area contributed by atoms with E-state index in [-0.39, 0.29) is 0 Å². The summed E-state index contributed by atoms with van der Waals surface area (Å²) in [6.45, 7) is 7.32. The smallest absolute Gasteiger partial charge is 0.119 e. The van der Waals surface area contributed by atoms with Gasteiger partial charge in [0, 0.05) is 42.0 Å². The fraction of sp³-hybridized carbons (Fsp3) is 0.429. The van der Waals surface area contributed by atoms with Gasteiger partial charge in [-0.25, -0.2) is 0 Å². The molecule has 0 aliphatic carbocycles. The van der Waals surface area contributed by atoms with E-state index in [9.17, 15) is 0 Å². The third-order valence-electron chi connectivity index (χ3n) is 5.24. The van der Waals surface area contributed by atoms with Gasteiger partial charge in [-0.1, -0.05) is 30.0 Å². The van der Waals surface area contributed by atoms with Gasteiger partial charge in [-0.15, -0.1) is 0 Å². The lowest BCUT2D eigenvalue weighted by Crippen LogP contribution is -2.46. The van der Waals surface area contributed by atoms with E-state index in [2.05, 4.69) is 59.3 Å². The Balaban J connectivity index is 1.74. The predicted molar refractivity (Wildman–Crippen MR) is 104 cm³/mol. The van der Waals surface area contributed by atoms with Crippen molar-refractivity contribution >= 4 is 11.8 Å². The van der Waals surface area contributed by atoms with E-state index < -0.39 is 0 Å². The third-order valence-corrected chi connectivity index (χ3v) is 6.45. The molecule has 0 radical (unpaired) electrons. The maximum atomic E-state index is 5.81. The molecule has 0 amide bonds. The minimum Gasteiger partial charge on any atom is -0.494 e. The van der Waals surface area contributed by atoms with Crippen molar-refractivity contribution in [1.82, 2.24) is 9.80 Å². The Hall–Kier alpha value is -1.49. The van der Waals surface area contributed by atoms with Crippen molar-refractivity contribution in [2.75, 3.05) is 39.8 Å². The molecule has 0 aromatic heterocycles. The lowest BCUT2D eigenvalue weighted by atomic mass is 9.96. The zero-order chi connectivity index (χ0) is 17.2. The SMILES string of the molecule is CCOc1ccc2c(c1)C(N1CCN(C)CC1)Cc1ccccc1S2. The largest absolute Gasteiger partial charge is 0.494 e. The van der Waals surface area contributed by atoms with Crippen molar-refractivity contribution in [3.8, 4) is 5.75 Å². The maximum absolute atomic E-state index is 5.81. The van der Waals surface area contributed by atoms with Crippen LogP contribution in [0.25, 0.3) is 0 Å². The Kier molecular flexibility index (Phi) is 5.02. The molecule has 1 fully saturated rings. The molecule has 0 saturated carbocycles. The fourth-order valence-corrected chi connectivity index (χ4v) is 4.92. The summed E-state index contributed by atoms with van der Waals surface area (Å²) in [7, 11) is 2.22. The van der Waals surface area contributed by atoms with E-state index in [1.807, 2.05) is 18.7 Å². The van der Waals surface area contributed by atoms with Crippen LogP contribution in [-0.2, 0) is 6.42 Å². The van der Waals surface area contributed by atoms with Gasteiger partial charge < -0.3 is 9.64 Å². The van der Waals surface area contributed by atoms with Crippen molar-refractivity contribution in [3.05, 3.63) is 53.6 Å². The molecule has 2 aromatic rings. The normalized spacial score (nSPS) is 21.3. The molecule has 3 nitrogen and oxygen atoms in total. The second-order valence-corrected chi connectivity index (χ2v) is 7.99. The standard InChI is InChI=1S/C21H26N2OS/c1-3-24-17-8-9-21-18(15-17)19(23-12-10-22(2)11-13-23)14-16-6-4-5-7-20(16)25-21/h4-9,15,19H,3,10-14H2,1-2H3. The second-order valence-electron chi connectivity index (χ2n) is 6.90. The summed E-state index contributed by atoms with van der Waals surface area (Å²) < 4.78 is 5.81. The van der Waals surface area contributed by atoms with Crippen LogP contribution >= 0.6 is 11.8 Å². The molecule has 132 valence electrons. The third kappa shape index (κ3) is 3.57. The number of fused-ring (bicyclic) bond motifs is 2. The van der Waals surface area contributed by atoms with Gasteiger partial charge in [0.2, 0.25) is 0 Å². The molecule has 0 spiro atoms. The van der Waals surface area contributed by atoms with E-state index in [1.165, 1.54) is 20.9 Å². The minimum absolute atomic E-state index is 0.431. The average Bonchev–Trinajstić information content (AvgIpc) is 2.79. The maximum Gasteiger partial charge on any atom is 0.119 e. The molecular weight excluding hydrogens is 328 g/mol. The molecule has 4 heteroatoms. The van der Waals surface area contributed by atoms with Gasteiger partial charge in [0.1, 0.15) is 5.75 Å². The highest BCUT2D eigenvalue weighted by Gasteiger charge is 2.29. The summed E-state index contributed by atoms with van der Waals surface area (Å²) in [6.07, 6.45) is 1.08. The number of piperazine rings is 1. The molecule has 1 saturated heterocycles. The van der Waals surface area contributed by atoms with E-state index >= 15 is 0 Å². The Bertz CT molecular complexity index is 740. The summed E-state index contributed by atoms with van der Waals surface area (Å²) in [5.74, 6) is 0.993. The van der Waals surface area contributed by atoms with Crippen LogP contribution in [0.2, 0.25) is 0 Å². The number of benzene rings is 2. The van der Waals surface area contributed by atoms with Crippen molar-refractivity contribution in [2.24, 2.45) is 0 Å². The van der Waals surface area contributed by atoms with Gasteiger partial charge in [0.25, 0.3) is 0 Å². The molecule has 25 heavy (non-hydrogen) atoms. The molecule has 1 unspecified atom stereocenters. The molecule has 2 aliphatic rings. The molecule has 4 rings (SSSR count). The Morgan fingerprint density at radius 3 is 2.64 bits per heavy atom. The first-order chi connectivity index (χ1) is 12.2. The quantitative estimate of drug-likeness (QED) is 0.825. The van der Waals surface area contributed by atoms with E-state index in [0.29, 0.717) is 12.6 Å². The van der Waals surface area contributed by atoms with Crippen LogP contribution < -0.4 is 4.74 Å². The first-order valence-electron chi connectivity index (χ1n) is 9.19. The highest BCUT2D eigenvalue weighted by molar-refractivity contribution is 7.99. The van der Waals surface area contributed by atoms with E-state index in [1.54, 1.807) is 0 Å². The van der Waals surface area contributed by atoms with E-state index in [0.717, 1.165) is 38.3 Å². The van der Waals surface area contributed by atoms with Gasteiger partial charge in [0.05, 0.1) is 6.61 Å².